The summed E-state index contributed by atoms with van der Waals surface area (Å²) in [4.78, 5) is 18.9. The van der Waals surface area contributed by atoms with Crippen LogP contribution in [0, 0.1) is 6.92 Å². The number of aldehydes is 1. The Kier molecular flexibility index (Phi) is 7.50. The molecule has 0 bridgehead atoms. The monoisotopic (exact) mass is 511 g/mol. The van der Waals surface area contributed by atoms with Gasteiger partial charge in [0.25, 0.3) is 5.95 Å². The van der Waals surface area contributed by atoms with Gasteiger partial charge < -0.3 is 16.2 Å². The molecule has 196 valence electrons. The van der Waals surface area contributed by atoms with E-state index in [0.717, 1.165) is 58.4 Å². The molecule has 0 amide bonds. The molecule has 1 aliphatic heterocycles. The Morgan fingerprint density at radius 1 is 1.08 bits per heavy atom. The Balaban J connectivity index is 0.00000144. The van der Waals surface area contributed by atoms with Crippen molar-refractivity contribution >= 4 is 28.5 Å². The fraction of sp³-hybridized carbons (Fsp3) is 0.276. The first-order chi connectivity index (χ1) is 18.6. The number of hydrogen-bond donors (Lipinski definition) is 3. The molecular weight excluding hydrogens is 478 g/mol. The molecular formula is C29H33N7O2. The molecule has 9 nitrogen and oxygen atoms in total. The zero-order valence-electron chi connectivity index (χ0n) is 21.7. The summed E-state index contributed by atoms with van der Waals surface area (Å²) in [6, 6.07) is 22.1. The number of anilines is 1. The van der Waals surface area contributed by atoms with Crippen LogP contribution in [-0.2, 0) is 13.1 Å². The molecule has 4 heterocycles. The zero-order valence-corrected chi connectivity index (χ0v) is 21.7. The van der Waals surface area contributed by atoms with Gasteiger partial charge in [0.15, 0.2) is 12.1 Å². The van der Waals surface area contributed by atoms with Crippen LogP contribution in [-0.4, -0.2) is 61.7 Å². The average molecular weight is 512 g/mol. The van der Waals surface area contributed by atoms with Gasteiger partial charge in [-0.1, -0.05) is 42.5 Å². The number of aliphatic hydroxyl groups excluding tert-OH is 1. The molecule has 3 aromatic heterocycles. The van der Waals surface area contributed by atoms with E-state index in [4.69, 9.17) is 10.1 Å². The maximum atomic E-state index is 11.6. The summed E-state index contributed by atoms with van der Waals surface area (Å²) < 4.78 is 3.95. The summed E-state index contributed by atoms with van der Waals surface area (Å²) >= 11 is 0. The summed E-state index contributed by atoms with van der Waals surface area (Å²) in [7, 11) is 1.50. The van der Waals surface area contributed by atoms with Crippen molar-refractivity contribution in [3.05, 3.63) is 89.2 Å². The average Bonchev–Trinajstić information content (AvgIpc) is 3.65. The zero-order chi connectivity index (χ0) is 26.6. The minimum Gasteiger partial charge on any atom is -0.392 e. The topological polar surface area (TPSA) is 114 Å². The summed E-state index contributed by atoms with van der Waals surface area (Å²) in [5, 5.41) is 19.4. The van der Waals surface area contributed by atoms with Crippen LogP contribution in [0.25, 0.3) is 22.4 Å². The summed E-state index contributed by atoms with van der Waals surface area (Å²) in [5.41, 5.74) is 10.1. The number of carbonyl (C=O) groups is 1. The molecule has 0 radical (unpaired) electrons. The van der Waals surface area contributed by atoms with Crippen molar-refractivity contribution in [2.45, 2.75) is 32.5 Å². The lowest BCUT2D eigenvalue weighted by Crippen LogP contribution is -2.23. The third kappa shape index (κ3) is 4.91. The second-order valence-electron chi connectivity index (χ2n) is 9.42. The van der Waals surface area contributed by atoms with E-state index in [-0.39, 0.29) is 6.10 Å². The van der Waals surface area contributed by atoms with Gasteiger partial charge in [0.1, 0.15) is 5.52 Å². The van der Waals surface area contributed by atoms with Crippen LogP contribution in [0.1, 0.15) is 33.7 Å². The summed E-state index contributed by atoms with van der Waals surface area (Å²) in [6.07, 6.45) is 1.41. The first kappa shape index (κ1) is 25.6. The Hall–Kier alpha value is -4.05. The molecule has 2 aromatic carbocycles. The lowest BCUT2D eigenvalue weighted by Gasteiger charge is -2.16. The van der Waals surface area contributed by atoms with Gasteiger partial charge in [-0.05, 0) is 50.2 Å². The second kappa shape index (κ2) is 11.1. The number of aliphatic hydroxyl groups is 1. The number of aryl methyl sites for hydroxylation is 1. The molecule has 1 aliphatic rings. The quantitative estimate of drug-likeness (QED) is 0.286. The number of nitrogens with two attached hydrogens (primary N) is 1. The van der Waals surface area contributed by atoms with Crippen LogP contribution >= 0.6 is 0 Å². The van der Waals surface area contributed by atoms with Crippen LogP contribution in [0.5, 0.6) is 0 Å². The lowest BCUT2D eigenvalue weighted by molar-refractivity contribution is 0.112. The van der Waals surface area contributed by atoms with Gasteiger partial charge in [-0.25, -0.2) is 4.52 Å². The predicted octanol–water partition coefficient (Wildman–Crippen LogP) is 3.55. The largest absolute Gasteiger partial charge is 0.392 e. The van der Waals surface area contributed by atoms with Crippen molar-refractivity contribution in [3.63, 3.8) is 0 Å². The molecule has 1 unspecified atom stereocenters. The maximum Gasteiger partial charge on any atom is 0.254 e. The molecule has 4 N–H and O–H groups in total. The molecule has 1 atom stereocenters. The first-order valence-electron chi connectivity index (χ1n) is 12.8. The highest BCUT2D eigenvalue weighted by Crippen LogP contribution is 2.27. The SMILES string of the molecule is CN.Cc1cc2c(C=O)cccc2n1-c1nc(NCc2ccccc2)c2ccc(CN3CCC(O)C3)n2n1. The van der Waals surface area contributed by atoms with Crippen molar-refractivity contribution in [2.24, 2.45) is 5.73 Å². The van der Waals surface area contributed by atoms with Crippen molar-refractivity contribution in [1.29, 1.82) is 0 Å². The predicted molar refractivity (Wildman–Crippen MR) is 150 cm³/mol. The Morgan fingerprint density at radius 3 is 2.63 bits per heavy atom. The van der Waals surface area contributed by atoms with E-state index in [1.165, 1.54) is 7.05 Å². The van der Waals surface area contributed by atoms with Crippen LogP contribution in [0.2, 0.25) is 0 Å². The van der Waals surface area contributed by atoms with E-state index in [1.807, 2.05) is 64.5 Å². The van der Waals surface area contributed by atoms with E-state index in [1.54, 1.807) is 0 Å². The van der Waals surface area contributed by atoms with E-state index in [9.17, 15) is 9.90 Å². The third-order valence-corrected chi connectivity index (χ3v) is 6.90. The van der Waals surface area contributed by atoms with Crippen molar-refractivity contribution in [3.8, 4) is 5.95 Å². The summed E-state index contributed by atoms with van der Waals surface area (Å²) in [5.74, 6) is 1.27. The molecule has 1 saturated heterocycles. The Labute approximate surface area is 221 Å². The van der Waals surface area contributed by atoms with Crippen LogP contribution in [0.3, 0.4) is 0 Å². The first-order valence-corrected chi connectivity index (χ1v) is 12.8. The number of fused-ring (bicyclic) bond motifs is 2. The smallest absolute Gasteiger partial charge is 0.254 e. The van der Waals surface area contributed by atoms with Gasteiger partial charge in [0.05, 0.1) is 17.3 Å². The number of carbonyl (C=O) groups excluding carboxylic acids is 1. The van der Waals surface area contributed by atoms with Crippen LogP contribution in [0.4, 0.5) is 5.82 Å². The highest BCUT2D eigenvalue weighted by molar-refractivity contribution is 5.98. The number of nitrogens with one attached hydrogen (secondary N) is 1. The molecule has 9 heteroatoms. The van der Waals surface area contributed by atoms with Crippen molar-refractivity contribution < 1.29 is 9.90 Å². The van der Waals surface area contributed by atoms with Gasteiger partial charge in [0.2, 0.25) is 0 Å². The van der Waals surface area contributed by atoms with Crippen molar-refractivity contribution in [2.75, 3.05) is 25.5 Å². The standard InChI is InChI=1S/C28H28N6O2.CH5N/c1-19-14-24-21(18-35)8-5-9-25(24)33(19)28-30-27(29-15-20-6-3-2-4-7-20)26-11-10-22(34(26)31-28)16-32-13-12-23(36)17-32;1-2/h2-11,14,18,23,36H,12-13,15-17H2,1H3,(H,29,30,31);2H2,1H3. The maximum absolute atomic E-state index is 11.6. The van der Waals surface area contributed by atoms with Crippen LogP contribution < -0.4 is 11.1 Å². The number of benzene rings is 2. The summed E-state index contributed by atoms with van der Waals surface area (Å²) in [6.45, 7) is 4.86. The Bertz CT molecular complexity index is 1560. The number of likely N-dealkylation sites (tertiary alicyclic amines) is 1. The minimum absolute atomic E-state index is 0.273. The van der Waals surface area contributed by atoms with E-state index in [2.05, 4.69) is 34.1 Å². The highest BCUT2D eigenvalue weighted by Gasteiger charge is 2.22. The molecule has 1 fully saturated rings. The number of rotatable bonds is 7. The molecule has 38 heavy (non-hydrogen) atoms. The van der Waals surface area contributed by atoms with Gasteiger partial charge in [0, 0.05) is 42.8 Å². The highest BCUT2D eigenvalue weighted by atomic mass is 16.3. The van der Waals surface area contributed by atoms with Crippen LogP contribution in [0.15, 0.2) is 66.7 Å². The minimum atomic E-state index is -0.273. The van der Waals surface area contributed by atoms with Gasteiger partial charge in [-0.2, -0.15) is 4.98 Å². The number of hydrogen-bond acceptors (Lipinski definition) is 7. The van der Waals surface area contributed by atoms with E-state index in [0.29, 0.717) is 31.1 Å². The number of aromatic nitrogens is 4. The fourth-order valence-electron chi connectivity index (χ4n) is 5.10. The molecule has 0 saturated carbocycles. The number of β-amino-alcohol motifs (C(OH)–C–C–N with tert-alkyl or cyclic N) is 1. The second-order valence-corrected chi connectivity index (χ2v) is 9.42. The molecule has 5 aromatic rings. The fourth-order valence-corrected chi connectivity index (χ4v) is 5.10. The molecule has 6 rings (SSSR count). The van der Waals surface area contributed by atoms with E-state index >= 15 is 0 Å². The Morgan fingerprint density at radius 2 is 1.89 bits per heavy atom. The van der Waals surface area contributed by atoms with Gasteiger partial charge in [-0.3, -0.25) is 14.3 Å². The van der Waals surface area contributed by atoms with Gasteiger partial charge >= 0.3 is 0 Å². The normalized spacial score (nSPS) is 15.5. The molecule has 0 aliphatic carbocycles. The lowest BCUT2D eigenvalue weighted by atomic mass is 10.1. The van der Waals surface area contributed by atoms with Crippen molar-refractivity contribution in [1.82, 2.24) is 24.1 Å². The van der Waals surface area contributed by atoms with Gasteiger partial charge in [-0.15, -0.1) is 5.10 Å². The third-order valence-electron chi connectivity index (χ3n) is 6.90. The molecule has 0 spiro atoms. The number of nitrogens with zero attached hydrogens (tertiary/aromatic N) is 5. The van der Waals surface area contributed by atoms with E-state index < -0.39 is 0 Å².